The fourth-order valence-corrected chi connectivity index (χ4v) is 2.55. The van der Waals surface area contributed by atoms with E-state index in [1.807, 2.05) is 0 Å². The molecule has 1 heterocycles. The van der Waals surface area contributed by atoms with Gasteiger partial charge in [0, 0.05) is 30.9 Å². The summed E-state index contributed by atoms with van der Waals surface area (Å²) in [6, 6.07) is 12.6. The van der Waals surface area contributed by atoms with Crippen LogP contribution in [0.15, 0.2) is 48.5 Å². The van der Waals surface area contributed by atoms with Crippen molar-refractivity contribution in [1.29, 1.82) is 0 Å². The van der Waals surface area contributed by atoms with Crippen LogP contribution in [0.5, 0.6) is 0 Å². The summed E-state index contributed by atoms with van der Waals surface area (Å²) in [6.07, 6.45) is -0.512. The molecule has 3 rings (SSSR count). The Bertz CT molecular complexity index is 757. The molecule has 6 nitrogen and oxygen atoms in total. The van der Waals surface area contributed by atoms with Gasteiger partial charge in [0.25, 0.3) is 11.8 Å². The second kappa shape index (κ2) is 8.55. The van der Waals surface area contributed by atoms with Crippen LogP contribution >= 0.6 is 0 Å². The molecule has 7 heteroatoms. The summed E-state index contributed by atoms with van der Waals surface area (Å²) >= 11 is 0. The molecule has 1 saturated heterocycles. The van der Waals surface area contributed by atoms with E-state index in [1.165, 1.54) is 12.1 Å². The molecule has 2 aromatic carbocycles. The summed E-state index contributed by atoms with van der Waals surface area (Å²) in [4.78, 5) is 24.3. The van der Waals surface area contributed by atoms with Gasteiger partial charge in [0.2, 0.25) is 0 Å². The zero-order valence-corrected chi connectivity index (χ0v) is 14.1. The number of halogens is 1. The van der Waals surface area contributed by atoms with Crippen molar-refractivity contribution in [3.8, 4) is 0 Å². The minimum absolute atomic E-state index is 0.217. The Hall–Kier alpha value is -2.77. The van der Waals surface area contributed by atoms with Gasteiger partial charge in [0.1, 0.15) is 11.9 Å². The zero-order valence-electron chi connectivity index (χ0n) is 14.1. The molecule has 1 aliphatic heterocycles. The van der Waals surface area contributed by atoms with Gasteiger partial charge in [0.05, 0.1) is 6.61 Å². The molecule has 1 unspecified atom stereocenters. The number of anilines is 1. The number of nitrogens with one attached hydrogen (secondary N) is 3. The second-order valence-corrected chi connectivity index (χ2v) is 5.94. The Morgan fingerprint density at radius 1 is 1.12 bits per heavy atom. The molecular formula is C19H20FN3O3. The smallest absolute Gasteiger partial charge is 0.254 e. The van der Waals surface area contributed by atoms with Crippen LogP contribution in [-0.2, 0) is 16.1 Å². The molecule has 1 atom stereocenters. The van der Waals surface area contributed by atoms with Gasteiger partial charge in [-0.25, -0.2) is 4.39 Å². The van der Waals surface area contributed by atoms with Gasteiger partial charge in [-0.1, -0.05) is 12.1 Å². The lowest BCUT2D eigenvalue weighted by atomic mass is 10.1. The number of carbonyl (C=O) groups excluding carboxylic acids is 2. The molecule has 0 radical (unpaired) electrons. The molecule has 2 amide bonds. The number of amides is 2. The van der Waals surface area contributed by atoms with Crippen LogP contribution < -0.4 is 16.0 Å². The van der Waals surface area contributed by atoms with Crippen molar-refractivity contribution >= 4 is 17.5 Å². The van der Waals surface area contributed by atoms with E-state index in [4.69, 9.17) is 4.74 Å². The molecule has 1 aliphatic rings. The minimum Gasteiger partial charge on any atom is -0.366 e. The van der Waals surface area contributed by atoms with Crippen molar-refractivity contribution in [3.63, 3.8) is 0 Å². The zero-order chi connectivity index (χ0) is 18.4. The first-order valence-electron chi connectivity index (χ1n) is 8.38. The van der Waals surface area contributed by atoms with Gasteiger partial charge in [-0.05, 0) is 42.0 Å². The largest absolute Gasteiger partial charge is 0.366 e. The number of hydrogen-bond acceptors (Lipinski definition) is 4. The van der Waals surface area contributed by atoms with Crippen LogP contribution in [0.3, 0.4) is 0 Å². The lowest BCUT2D eigenvalue weighted by Gasteiger charge is -2.22. The molecule has 0 saturated carbocycles. The summed E-state index contributed by atoms with van der Waals surface area (Å²) in [5.41, 5.74) is 1.88. The molecule has 136 valence electrons. The highest BCUT2D eigenvalue weighted by Crippen LogP contribution is 2.11. The first kappa shape index (κ1) is 18.0. The van der Waals surface area contributed by atoms with E-state index in [9.17, 15) is 14.0 Å². The third-order valence-electron chi connectivity index (χ3n) is 4.00. The number of rotatable bonds is 5. The van der Waals surface area contributed by atoms with Gasteiger partial charge >= 0.3 is 0 Å². The fraction of sp³-hybridized carbons (Fsp3) is 0.263. The van der Waals surface area contributed by atoms with E-state index in [1.54, 1.807) is 36.4 Å². The first-order chi connectivity index (χ1) is 12.6. The Morgan fingerprint density at radius 2 is 1.85 bits per heavy atom. The van der Waals surface area contributed by atoms with E-state index in [-0.39, 0.29) is 17.6 Å². The molecular weight excluding hydrogens is 337 g/mol. The van der Waals surface area contributed by atoms with Crippen molar-refractivity contribution in [2.45, 2.75) is 12.6 Å². The van der Waals surface area contributed by atoms with E-state index in [0.717, 1.165) is 12.1 Å². The summed E-state index contributed by atoms with van der Waals surface area (Å²) in [5.74, 6) is -0.773. The van der Waals surface area contributed by atoms with Crippen LogP contribution in [0.1, 0.15) is 15.9 Å². The Kier molecular flexibility index (Phi) is 5.93. The Balaban J connectivity index is 1.52. The lowest BCUT2D eigenvalue weighted by molar-refractivity contribution is -0.128. The predicted molar refractivity (Wildman–Crippen MR) is 95.3 cm³/mol. The summed E-state index contributed by atoms with van der Waals surface area (Å²) in [5, 5.41) is 8.64. The van der Waals surface area contributed by atoms with Crippen molar-refractivity contribution in [3.05, 3.63) is 65.5 Å². The highest BCUT2D eigenvalue weighted by Gasteiger charge is 2.21. The van der Waals surface area contributed by atoms with Gasteiger partial charge < -0.3 is 20.7 Å². The molecule has 3 N–H and O–H groups in total. The van der Waals surface area contributed by atoms with Crippen molar-refractivity contribution in [2.24, 2.45) is 0 Å². The third kappa shape index (κ3) is 4.87. The number of ether oxygens (including phenoxy) is 1. The molecule has 0 aromatic heterocycles. The van der Waals surface area contributed by atoms with Crippen LogP contribution in [0.4, 0.5) is 10.1 Å². The minimum atomic E-state index is -0.512. The predicted octanol–water partition coefficient (Wildman–Crippen LogP) is 1.68. The second-order valence-electron chi connectivity index (χ2n) is 5.94. The fourth-order valence-electron chi connectivity index (χ4n) is 2.55. The van der Waals surface area contributed by atoms with Crippen LogP contribution in [-0.4, -0.2) is 37.6 Å². The third-order valence-corrected chi connectivity index (χ3v) is 4.00. The summed E-state index contributed by atoms with van der Waals surface area (Å²) < 4.78 is 18.3. The van der Waals surface area contributed by atoms with Gasteiger partial charge in [-0.2, -0.15) is 0 Å². The van der Waals surface area contributed by atoms with Crippen LogP contribution in [0.25, 0.3) is 0 Å². The summed E-state index contributed by atoms with van der Waals surface area (Å²) in [7, 11) is 0. The maximum atomic E-state index is 12.9. The SMILES string of the molecule is O=C(NCc1ccc(F)cc1)c1ccc(NC(=O)C2CNCCO2)cc1. The highest BCUT2D eigenvalue weighted by atomic mass is 19.1. The highest BCUT2D eigenvalue weighted by molar-refractivity contribution is 5.97. The normalized spacial score (nSPS) is 16.7. The van der Waals surface area contributed by atoms with E-state index in [0.29, 0.717) is 30.9 Å². The monoisotopic (exact) mass is 357 g/mol. The van der Waals surface area contributed by atoms with Crippen molar-refractivity contribution in [2.75, 3.05) is 25.0 Å². The number of morpholine rings is 1. The topological polar surface area (TPSA) is 79.5 Å². The lowest BCUT2D eigenvalue weighted by Crippen LogP contribution is -2.45. The van der Waals surface area contributed by atoms with Crippen LogP contribution in [0, 0.1) is 5.82 Å². The Labute approximate surface area is 150 Å². The molecule has 0 aliphatic carbocycles. The van der Waals surface area contributed by atoms with Gasteiger partial charge in [-0.15, -0.1) is 0 Å². The van der Waals surface area contributed by atoms with E-state index >= 15 is 0 Å². The number of benzene rings is 2. The Morgan fingerprint density at radius 3 is 2.50 bits per heavy atom. The average molecular weight is 357 g/mol. The van der Waals surface area contributed by atoms with Crippen LogP contribution in [0.2, 0.25) is 0 Å². The number of carbonyl (C=O) groups is 2. The average Bonchev–Trinajstić information content (AvgIpc) is 2.68. The molecule has 0 spiro atoms. The summed E-state index contributed by atoms with van der Waals surface area (Å²) in [6.45, 7) is 2.04. The maximum absolute atomic E-state index is 12.9. The van der Waals surface area contributed by atoms with E-state index in [2.05, 4.69) is 16.0 Å². The van der Waals surface area contributed by atoms with Gasteiger partial charge in [-0.3, -0.25) is 9.59 Å². The molecule has 1 fully saturated rings. The maximum Gasteiger partial charge on any atom is 0.254 e. The quantitative estimate of drug-likeness (QED) is 0.761. The van der Waals surface area contributed by atoms with Gasteiger partial charge in [0.15, 0.2) is 0 Å². The number of hydrogen-bond donors (Lipinski definition) is 3. The van der Waals surface area contributed by atoms with E-state index < -0.39 is 6.10 Å². The van der Waals surface area contributed by atoms with Crippen molar-refractivity contribution in [1.82, 2.24) is 10.6 Å². The first-order valence-corrected chi connectivity index (χ1v) is 8.38. The molecule has 0 bridgehead atoms. The molecule has 26 heavy (non-hydrogen) atoms. The molecule has 2 aromatic rings. The van der Waals surface area contributed by atoms with Crippen molar-refractivity contribution < 1.29 is 18.7 Å². The standard InChI is InChI=1S/C19H20FN3O3/c20-15-5-1-13(2-6-15)11-22-18(24)14-3-7-16(8-4-14)23-19(25)17-12-21-9-10-26-17/h1-8,17,21H,9-12H2,(H,22,24)(H,23,25).